The van der Waals surface area contributed by atoms with E-state index in [-0.39, 0.29) is 10.7 Å². The molecule has 6 heteroatoms. The summed E-state index contributed by atoms with van der Waals surface area (Å²) in [6.45, 7) is 5.12. The third-order valence-electron chi connectivity index (χ3n) is 4.22. The number of hydrogen-bond acceptors (Lipinski definition) is 4. The van der Waals surface area contributed by atoms with Crippen LogP contribution in [0.25, 0.3) is 11.3 Å². The van der Waals surface area contributed by atoms with Crippen LogP contribution < -0.4 is 0 Å². The van der Waals surface area contributed by atoms with Crippen molar-refractivity contribution in [2.45, 2.75) is 30.9 Å². The summed E-state index contributed by atoms with van der Waals surface area (Å²) in [6.07, 6.45) is 1.63. The highest BCUT2D eigenvalue weighted by atomic mass is 32.2. The van der Waals surface area contributed by atoms with Crippen LogP contribution in [0.4, 0.5) is 4.39 Å². The van der Waals surface area contributed by atoms with Crippen LogP contribution >= 0.6 is 0 Å². The van der Waals surface area contributed by atoms with E-state index in [1.54, 1.807) is 56.4 Å². The van der Waals surface area contributed by atoms with Gasteiger partial charge in [0.1, 0.15) is 11.5 Å². The summed E-state index contributed by atoms with van der Waals surface area (Å²) in [7, 11) is -3.32. The summed E-state index contributed by atoms with van der Waals surface area (Å²) in [5, 5.41) is -0.481. The molecule has 4 nitrogen and oxygen atoms in total. The van der Waals surface area contributed by atoms with Crippen LogP contribution in [0, 0.1) is 24.6 Å². The van der Waals surface area contributed by atoms with E-state index in [0.717, 1.165) is 5.56 Å². The maximum Gasteiger partial charge on any atom is 0.180 e. The molecule has 0 unspecified atom stereocenters. The molecule has 0 atom stereocenters. The van der Waals surface area contributed by atoms with Gasteiger partial charge >= 0.3 is 0 Å². The van der Waals surface area contributed by atoms with E-state index in [1.165, 1.54) is 12.1 Å². The molecule has 0 aliphatic carbocycles. The number of aryl methyl sites for hydroxylation is 1. The van der Waals surface area contributed by atoms with Gasteiger partial charge in [0.15, 0.2) is 9.84 Å². The third kappa shape index (κ3) is 4.26. The Bertz CT molecular complexity index is 1160. The van der Waals surface area contributed by atoms with Crippen molar-refractivity contribution in [2.24, 2.45) is 0 Å². The molecule has 3 aromatic rings. The lowest BCUT2D eigenvalue weighted by Gasteiger charge is -2.09. The third-order valence-corrected chi connectivity index (χ3v) is 6.39. The molecule has 0 N–H and O–H groups in total. The van der Waals surface area contributed by atoms with Crippen molar-refractivity contribution >= 4 is 9.84 Å². The van der Waals surface area contributed by atoms with Crippen LogP contribution in [0.5, 0.6) is 0 Å². The minimum atomic E-state index is -3.32. The van der Waals surface area contributed by atoms with E-state index in [2.05, 4.69) is 21.8 Å². The van der Waals surface area contributed by atoms with Crippen molar-refractivity contribution in [1.82, 2.24) is 9.97 Å². The van der Waals surface area contributed by atoms with E-state index < -0.39 is 15.1 Å². The lowest BCUT2D eigenvalue weighted by Crippen LogP contribution is -2.13. The molecule has 0 radical (unpaired) electrons. The molecule has 3 rings (SSSR count). The zero-order chi connectivity index (χ0) is 20.3. The maximum atomic E-state index is 13.0. The first-order valence-electron chi connectivity index (χ1n) is 8.73. The van der Waals surface area contributed by atoms with Gasteiger partial charge in [-0.25, -0.2) is 17.8 Å². The van der Waals surface area contributed by atoms with Crippen molar-refractivity contribution in [1.29, 1.82) is 0 Å². The van der Waals surface area contributed by atoms with Gasteiger partial charge in [-0.2, -0.15) is 0 Å². The van der Waals surface area contributed by atoms with Crippen molar-refractivity contribution in [3.8, 4) is 23.1 Å². The molecule has 0 aliphatic rings. The second kappa shape index (κ2) is 7.91. The predicted octanol–water partition coefficient (Wildman–Crippen LogP) is 4.17. The second-order valence-electron chi connectivity index (χ2n) is 6.56. The highest BCUT2D eigenvalue weighted by Crippen LogP contribution is 2.22. The summed E-state index contributed by atoms with van der Waals surface area (Å²) in [5.41, 5.74) is 3.22. The van der Waals surface area contributed by atoms with Gasteiger partial charge in [-0.1, -0.05) is 18.1 Å². The first-order chi connectivity index (χ1) is 13.3. The summed E-state index contributed by atoms with van der Waals surface area (Å²) in [5.74, 6) is 5.60. The number of aromatic nitrogens is 2. The molecule has 0 aliphatic heterocycles. The van der Waals surface area contributed by atoms with Crippen molar-refractivity contribution in [3.63, 3.8) is 0 Å². The van der Waals surface area contributed by atoms with Crippen LogP contribution in [0.15, 0.2) is 59.6 Å². The smallest absolute Gasteiger partial charge is 0.180 e. The molecular weight excluding hydrogens is 375 g/mol. The minimum Gasteiger partial charge on any atom is -0.256 e. The van der Waals surface area contributed by atoms with Gasteiger partial charge in [0.05, 0.1) is 27.7 Å². The zero-order valence-corrected chi connectivity index (χ0v) is 16.6. The Labute approximate surface area is 164 Å². The Balaban J connectivity index is 1.92. The predicted molar refractivity (Wildman–Crippen MR) is 107 cm³/mol. The SMILES string of the molecule is Cc1ncc(-c2ccc(S(=O)(=O)C(C)C)cc2)nc1C#Cc1ccc(F)cc1. The molecular formula is C22H19FN2O2S. The molecule has 28 heavy (non-hydrogen) atoms. The first kappa shape index (κ1) is 19.7. The van der Waals surface area contributed by atoms with Crippen molar-refractivity contribution in [2.75, 3.05) is 0 Å². The van der Waals surface area contributed by atoms with Crippen molar-refractivity contribution < 1.29 is 12.8 Å². The lowest BCUT2D eigenvalue weighted by molar-refractivity contribution is 0.587. The Kier molecular flexibility index (Phi) is 5.57. The van der Waals surface area contributed by atoms with Crippen LogP contribution in [-0.2, 0) is 9.84 Å². The Morgan fingerprint density at radius 1 is 0.964 bits per heavy atom. The molecule has 0 saturated heterocycles. The molecule has 0 amide bonds. The standard InChI is InChI=1S/C22H19FN2O2S/c1-15(2)28(26,27)20-11-7-18(8-12-20)22-14-24-16(3)21(25-22)13-6-17-4-9-19(23)10-5-17/h4-5,7-12,14-15H,1-3H3. The summed E-state index contributed by atoms with van der Waals surface area (Å²) >= 11 is 0. The minimum absolute atomic E-state index is 0.280. The largest absolute Gasteiger partial charge is 0.256 e. The quantitative estimate of drug-likeness (QED) is 0.626. The number of halogens is 1. The van der Waals surface area contributed by atoms with Gasteiger partial charge in [-0.3, -0.25) is 4.98 Å². The Morgan fingerprint density at radius 2 is 1.61 bits per heavy atom. The van der Waals surface area contributed by atoms with Crippen LogP contribution in [0.1, 0.15) is 30.8 Å². The molecule has 2 aromatic carbocycles. The van der Waals surface area contributed by atoms with Crippen molar-refractivity contribution in [3.05, 3.63) is 77.5 Å². The number of nitrogens with zero attached hydrogens (tertiary/aromatic N) is 2. The number of hydrogen-bond donors (Lipinski definition) is 0. The van der Waals surface area contributed by atoms with Crippen LogP contribution in [0.3, 0.4) is 0 Å². The fourth-order valence-corrected chi connectivity index (χ4v) is 3.52. The average Bonchev–Trinajstić information content (AvgIpc) is 2.68. The van der Waals surface area contributed by atoms with Gasteiger partial charge < -0.3 is 0 Å². The van der Waals surface area contributed by atoms with Gasteiger partial charge in [-0.05, 0) is 63.1 Å². The first-order valence-corrected chi connectivity index (χ1v) is 10.3. The molecule has 0 saturated carbocycles. The maximum absolute atomic E-state index is 13.0. The van der Waals surface area contributed by atoms with Crippen LogP contribution in [0.2, 0.25) is 0 Å². The monoisotopic (exact) mass is 394 g/mol. The molecule has 0 spiro atoms. The molecule has 0 bridgehead atoms. The average molecular weight is 394 g/mol. The topological polar surface area (TPSA) is 59.9 Å². The molecule has 142 valence electrons. The van der Waals surface area contributed by atoms with Gasteiger partial charge in [0, 0.05) is 11.1 Å². The van der Waals surface area contributed by atoms with E-state index in [1.807, 2.05) is 6.92 Å². The summed E-state index contributed by atoms with van der Waals surface area (Å²) in [6, 6.07) is 12.5. The highest BCUT2D eigenvalue weighted by molar-refractivity contribution is 7.92. The normalized spacial score (nSPS) is 11.2. The fourth-order valence-electron chi connectivity index (χ4n) is 2.46. The van der Waals surface area contributed by atoms with E-state index in [0.29, 0.717) is 22.6 Å². The molecule has 1 heterocycles. The number of benzene rings is 2. The Morgan fingerprint density at radius 3 is 2.21 bits per heavy atom. The second-order valence-corrected chi connectivity index (χ2v) is 9.07. The highest BCUT2D eigenvalue weighted by Gasteiger charge is 2.19. The molecule has 1 aromatic heterocycles. The Hall–Kier alpha value is -3.04. The van der Waals surface area contributed by atoms with E-state index >= 15 is 0 Å². The fraction of sp³-hybridized carbons (Fsp3) is 0.182. The summed E-state index contributed by atoms with van der Waals surface area (Å²) < 4.78 is 37.5. The lowest BCUT2D eigenvalue weighted by atomic mass is 10.1. The van der Waals surface area contributed by atoms with Gasteiger partial charge in [0.2, 0.25) is 0 Å². The molecule has 0 fully saturated rings. The van der Waals surface area contributed by atoms with E-state index in [9.17, 15) is 12.8 Å². The zero-order valence-electron chi connectivity index (χ0n) is 15.8. The van der Waals surface area contributed by atoms with Crippen LogP contribution in [-0.4, -0.2) is 23.6 Å². The number of rotatable bonds is 3. The summed E-state index contributed by atoms with van der Waals surface area (Å²) in [4.78, 5) is 9.16. The van der Waals surface area contributed by atoms with Gasteiger partial charge in [-0.15, -0.1) is 0 Å². The number of sulfone groups is 1. The van der Waals surface area contributed by atoms with Gasteiger partial charge in [0.25, 0.3) is 0 Å². The van der Waals surface area contributed by atoms with E-state index in [4.69, 9.17) is 0 Å².